The summed E-state index contributed by atoms with van der Waals surface area (Å²) in [6.07, 6.45) is 7.82. The number of carboxylic acids is 1. The minimum atomic E-state index is -1.18. The fourth-order valence-electron chi connectivity index (χ4n) is 11.5. The van der Waals surface area contributed by atoms with Gasteiger partial charge in [-0.25, -0.2) is 15.8 Å². The summed E-state index contributed by atoms with van der Waals surface area (Å²) in [7, 11) is 1.29. The summed E-state index contributed by atoms with van der Waals surface area (Å²) in [5.41, 5.74) is 7.41. The fourth-order valence-corrected chi connectivity index (χ4v) is 11.5. The van der Waals surface area contributed by atoms with Gasteiger partial charge in [-0.2, -0.15) is 0 Å². The number of Topliss-reactive ketones (excluding diaryl/α,β-unsaturated/α-hetero) is 2. The molecule has 0 radical (unpaired) electrons. The molecule has 98 heavy (non-hydrogen) atoms. The number of esters is 2. The number of hydrazine groups is 2. The minimum Gasteiger partial charge on any atom is -0.870 e. The van der Waals surface area contributed by atoms with E-state index in [1.165, 1.54) is 24.1 Å². The molecule has 530 valence electrons. The van der Waals surface area contributed by atoms with Crippen LogP contribution >= 0.6 is 0 Å². The number of benzene rings is 2. The molecule has 0 aliphatic carbocycles. The first-order valence-electron chi connectivity index (χ1n) is 32.9. The van der Waals surface area contributed by atoms with Crippen LogP contribution in [0.1, 0.15) is 163 Å². The van der Waals surface area contributed by atoms with E-state index in [-0.39, 0.29) is 87.0 Å². The van der Waals surface area contributed by atoms with Crippen LogP contribution in [-0.2, 0) is 71.6 Å². The molecule has 4 fully saturated rings. The number of amides is 4. The van der Waals surface area contributed by atoms with Gasteiger partial charge in [0.1, 0.15) is 41.8 Å². The van der Waals surface area contributed by atoms with Crippen molar-refractivity contribution in [3.05, 3.63) is 95.3 Å². The maximum Gasteiger partial charge on any atom is 1.00 e. The molecule has 0 saturated carbocycles. The van der Waals surface area contributed by atoms with Crippen LogP contribution in [0.25, 0.3) is 34.0 Å². The summed E-state index contributed by atoms with van der Waals surface area (Å²) in [5, 5.41) is 29.2. The minimum absolute atomic E-state index is 0. The average Bonchev–Trinajstić information content (AvgIpc) is 0.789. The van der Waals surface area contributed by atoms with E-state index in [0.717, 1.165) is 21.9 Å². The first-order chi connectivity index (χ1) is 45.1. The zero-order chi connectivity index (χ0) is 70.6. The first-order valence-corrected chi connectivity index (χ1v) is 32.9. The summed E-state index contributed by atoms with van der Waals surface area (Å²) in [6.45, 7) is 23.3. The second-order valence-electron chi connectivity index (χ2n) is 27.1. The van der Waals surface area contributed by atoms with Crippen molar-refractivity contribution in [2.75, 3.05) is 46.6 Å². The second kappa shape index (κ2) is 35.1. The van der Waals surface area contributed by atoms with E-state index >= 15 is 0 Å². The van der Waals surface area contributed by atoms with Gasteiger partial charge in [0.2, 0.25) is 11.8 Å². The number of hydrogen-bond donors (Lipinski definition) is 6. The summed E-state index contributed by atoms with van der Waals surface area (Å²) in [5.74, 6) is -7.77. The van der Waals surface area contributed by atoms with E-state index in [4.69, 9.17) is 33.4 Å². The number of aliphatic hydroxyl groups is 1. The van der Waals surface area contributed by atoms with E-state index in [2.05, 4.69) is 26.5 Å². The number of fused-ring (bicyclic) bond motifs is 2. The number of carbonyl (C=O) groups excluding carboxylic acids is 8. The summed E-state index contributed by atoms with van der Waals surface area (Å²) >= 11 is 0. The molecule has 0 unspecified atom stereocenters. The number of carbonyl (C=O) groups is 9. The number of pyridine rings is 2. The van der Waals surface area contributed by atoms with Crippen molar-refractivity contribution >= 4 is 87.1 Å². The Morgan fingerprint density at radius 2 is 1.01 bits per heavy atom. The SMILES string of the molecule is CC(C)[C@H](CC(=O)C1(/C=C/c2ccc3ccc([C@@H](C)O)nc3c2)COC(C)(C)OC1)C(=O)N[C@@H](C)C(=O)N1CCC[C@@H](C(=O)O)N1.COC(=O)[C@@H]1CCCN(C(=O)[C@H](C)NC(=O)[C@@H](CC(=O)C2(/C=C/c3ccc4ccc([C@@H](C)OC(C)=O)nc4c3)COC(C)(C)OC2)C(C)C)N1.[Li+].[OH-]. The Bertz CT molecular complexity index is 3560. The summed E-state index contributed by atoms with van der Waals surface area (Å²) in [6, 6.07) is 15.5. The average molecular weight is 1360 g/mol. The van der Waals surface area contributed by atoms with Crippen molar-refractivity contribution in [3.8, 4) is 0 Å². The topological polar surface area (TPSA) is 360 Å². The second-order valence-corrected chi connectivity index (χ2v) is 27.1. The smallest absolute Gasteiger partial charge is 0.870 e. The molecule has 6 heterocycles. The number of aliphatic hydroxyl groups excluding tert-OH is 1. The predicted molar refractivity (Wildman–Crippen MR) is 358 cm³/mol. The maximum absolute atomic E-state index is 14.2. The number of carboxylic acid groups (broad SMARTS) is 1. The van der Waals surface area contributed by atoms with Crippen LogP contribution in [0.15, 0.2) is 72.8 Å². The third kappa shape index (κ3) is 21.3. The Labute approximate surface area is 584 Å². The molecule has 4 aliphatic rings. The number of aliphatic carboxylic acids is 1. The molecule has 0 bridgehead atoms. The normalized spacial score (nSPS) is 20.6. The standard InChI is InChI=1S/C37H50N4O9.C34H46N4O8.Li.H2O/c1-22(2)28(33(44)38-23(3)34(45)41-17-9-10-30(40-41)35(46)47-8)19-32(43)37(20-48-36(6,7)49-21-37)16-15-26-11-12-27-13-14-29(39-31(27)18-26)24(4)50-25(5)42;1-20(2)25(30(41)35-21(3)31(42)38-15-7-8-27(37-38)32(43)44)17-29(40)34(18-45-33(5,6)46-19-34)14-13-23-9-10-24-11-12-26(22(4)39)36-28(24)16-23;;/h11-16,18,22-24,28,30,40H,9-10,17,19-21H2,1-8H3,(H,38,44);9-14,16,20-22,25,27,37,39H,7-8,15,17-19H2,1-6H3,(H,35,41)(H,43,44);;1H2/q;;+1;/p-1/b16-15+;14-13+;;/t23-,24+,28-,30-;21-,22+,25-,27-;;/m00../s1. The number of nitrogens with zero attached hydrogens (tertiary/aromatic N) is 4. The van der Waals surface area contributed by atoms with E-state index in [9.17, 15) is 53.4 Å². The van der Waals surface area contributed by atoms with Gasteiger partial charge in [-0.3, -0.25) is 58.2 Å². The van der Waals surface area contributed by atoms with Gasteiger partial charge in [0.15, 0.2) is 11.6 Å². The molecule has 4 aromatic rings. The van der Waals surface area contributed by atoms with Gasteiger partial charge in [-0.05, 0) is 128 Å². The Morgan fingerprint density at radius 1 is 0.622 bits per heavy atom. The predicted octanol–water partition coefficient (Wildman–Crippen LogP) is 4.26. The molecule has 2 aromatic carbocycles. The van der Waals surface area contributed by atoms with Gasteiger partial charge in [0.25, 0.3) is 11.8 Å². The zero-order valence-electron chi connectivity index (χ0n) is 59.1. The molecule has 8 atom stereocenters. The van der Waals surface area contributed by atoms with Crippen LogP contribution in [0.2, 0.25) is 0 Å². The molecule has 4 saturated heterocycles. The van der Waals surface area contributed by atoms with Crippen LogP contribution in [-0.4, -0.2) is 171 Å². The monoisotopic (exact) mass is 1360 g/mol. The van der Waals surface area contributed by atoms with Crippen molar-refractivity contribution in [3.63, 3.8) is 0 Å². The van der Waals surface area contributed by atoms with Gasteiger partial charge in [-0.15, -0.1) is 0 Å². The van der Waals surface area contributed by atoms with Crippen LogP contribution < -0.4 is 40.3 Å². The molecule has 2 aromatic heterocycles. The van der Waals surface area contributed by atoms with Gasteiger partial charge < -0.3 is 54.7 Å². The molecule has 4 amide bonds. The van der Waals surface area contributed by atoms with Gasteiger partial charge >= 0.3 is 36.8 Å². The number of methoxy groups -OCH3 is 1. The summed E-state index contributed by atoms with van der Waals surface area (Å²) in [4.78, 5) is 126. The van der Waals surface area contributed by atoms with Crippen LogP contribution in [0.4, 0.5) is 0 Å². The van der Waals surface area contributed by atoms with Crippen molar-refractivity contribution in [2.45, 2.75) is 176 Å². The van der Waals surface area contributed by atoms with Crippen molar-refractivity contribution < 1.29 is 106 Å². The van der Waals surface area contributed by atoms with Crippen molar-refractivity contribution in [1.82, 2.24) is 41.5 Å². The molecule has 26 nitrogen and oxygen atoms in total. The first kappa shape index (κ1) is 81.3. The van der Waals surface area contributed by atoms with E-state index < -0.39 is 112 Å². The Kier molecular flexibility index (Phi) is 29.1. The number of rotatable bonds is 23. The number of ketones is 2. The van der Waals surface area contributed by atoms with Gasteiger partial charge in [0.05, 0.1) is 72.9 Å². The maximum atomic E-state index is 14.2. The van der Waals surface area contributed by atoms with Crippen LogP contribution in [0, 0.1) is 34.5 Å². The largest absolute Gasteiger partial charge is 1.00 e. The molecular weight excluding hydrogens is 1260 g/mol. The van der Waals surface area contributed by atoms with Gasteiger partial charge in [-0.1, -0.05) is 88.4 Å². The van der Waals surface area contributed by atoms with Gasteiger partial charge in [0, 0.05) is 55.5 Å². The third-order valence-corrected chi connectivity index (χ3v) is 17.9. The Balaban J connectivity index is 0.000000348. The van der Waals surface area contributed by atoms with Crippen molar-refractivity contribution in [1.29, 1.82) is 0 Å². The zero-order valence-corrected chi connectivity index (χ0v) is 59.1. The molecular formula is C71H97LiN8O18. The third-order valence-electron chi connectivity index (χ3n) is 17.9. The number of aromatic nitrogens is 2. The molecule has 4 aliphatic heterocycles. The number of nitrogens with one attached hydrogen (secondary N) is 4. The van der Waals surface area contributed by atoms with Crippen LogP contribution in [0.3, 0.4) is 0 Å². The van der Waals surface area contributed by atoms with E-state index in [1.54, 1.807) is 73.6 Å². The number of hydrogen-bond acceptors (Lipinski definition) is 21. The Morgan fingerprint density at radius 3 is 1.40 bits per heavy atom. The molecule has 0 spiro atoms. The van der Waals surface area contributed by atoms with Crippen molar-refractivity contribution in [2.24, 2.45) is 34.5 Å². The van der Waals surface area contributed by atoms with Crippen LogP contribution in [0.5, 0.6) is 0 Å². The Hall–Kier alpha value is -7.35. The van der Waals surface area contributed by atoms with E-state index in [0.29, 0.717) is 61.2 Å². The fraction of sp³-hybridized carbons (Fsp3) is 0.563. The molecule has 27 heteroatoms. The molecule has 8 rings (SSSR count). The number of ether oxygens (including phenoxy) is 6. The van der Waals surface area contributed by atoms with E-state index in [1.807, 2.05) is 94.4 Å². The quantitative estimate of drug-likeness (QED) is 0.0446. The molecule has 7 N–H and O–H groups in total. The summed E-state index contributed by atoms with van der Waals surface area (Å²) < 4.78 is 34.0.